The molecule has 1 atom stereocenters. The second kappa shape index (κ2) is 11.9. The van der Waals surface area contributed by atoms with E-state index in [2.05, 4.69) is 19.9 Å². The fraction of sp³-hybridized carbons (Fsp3) is 0.857. The molecule has 0 bridgehead atoms. The van der Waals surface area contributed by atoms with Crippen LogP contribution in [-0.2, 0) is 14.8 Å². The van der Waals surface area contributed by atoms with Crippen LogP contribution in [0.25, 0.3) is 0 Å². The lowest BCUT2D eigenvalue weighted by atomic mass is 9.95. The van der Waals surface area contributed by atoms with E-state index in [1.807, 2.05) is 0 Å². The lowest BCUT2D eigenvalue weighted by Crippen LogP contribution is -2.47. The number of guanidine groups is 1. The van der Waals surface area contributed by atoms with Crippen molar-refractivity contribution in [2.45, 2.75) is 32.6 Å². The van der Waals surface area contributed by atoms with Crippen LogP contribution in [0.5, 0.6) is 0 Å². The second-order valence-corrected chi connectivity index (χ2v) is 7.85. The van der Waals surface area contributed by atoms with Crippen LogP contribution >= 0.6 is 24.0 Å². The van der Waals surface area contributed by atoms with Crippen LogP contribution in [0.4, 0.5) is 0 Å². The van der Waals surface area contributed by atoms with Gasteiger partial charge in [0.15, 0.2) is 5.96 Å². The van der Waals surface area contributed by atoms with Crippen molar-refractivity contribution in [2.24, 2.45) is 16.6 Å². The molecule has 4 N–H and O–H groups in total. The first kappa shape index (κ1) is 23.4. The fourth-order valence-electron chi connectivity index (χ4n) is 2.66. The highest BCUT2D eigenvalue weighted by molar-refractivity contribution is 14.0. The molecule has 1 fully saturated rings. The highest BCUT2D eigenvalue weighted by Gasteiger charge is 2.23. The topological polar surface area (TPSA) is 117 Å². The molecule has 1 rings (SSSR count). The standard InChI is InChI=1S/C14H29N5O3S.HI/c1-3-23(21,22)18-8-5-7-17-14(16-2)19-9-4-6-12(11-19)10-13(15)20;/h12,18H,3-11H2,1-2H3,(H2,15,20)(H,16,17);1H. The Bertz CT molecular complexity index is 513. The molecule has 0 radical (unpaired) electrons. The van der Waals surface area contributed by atoms with Gasteiger partial charge in [-0.05, 0) is 32.1 Å². The molecule has 142 valence electrons. The third-order valence-electron chi connectivity index (χ3n) is 3.86. The van der Waals surface area contributed by atoms with E-state index < -0.39 is 10.0 Å². The molecule has 1 aliphatic rings. The molecule has 0 aromatic heterocycles. The van der Waals surface area contributed by atoms with Crippen molar-refractivity contribution in [2.75, 3.05) is 39.0 Å². The van der Waals surface area contributed by atoms with Gasteiger partial charge in [0, 0.05) is 39.6 Å². The first-order valence-corrected chi connectivity index (χ1v) is 9.74. The summed E-state index contributed by atoms with van der Waals surface area (Å²) in [6, 6.07) is 0. The van der Waals surface area contributed by atoms with E-state index >= 15 is 0 Å². The van der Waals surface area contributed by atoms with Crippen LogP contribution in [0.1, 0.15) is 32.6 Å². The summed E-state index contributed by atoms with van der Waals surface area (Å²) in [5, 5.41) is 3.24. The van der Waals surface area contributed by atoms with Crippen LogP contribution in [0.2, 0.25) is 0 Å². The number of nitrogens with two attached hydrogens (primary N) is 1. The number of piperidine rings is 1. The van der Waals surface area contributed by atoms with E-state index in [4.69, 9.17) is 5.73 Å². The van der Waals surface area contributed by atoms with Gasteiger partial charge in [0.25, 0.3) is 0 Å². The Labute approximate surface area is 162 Å². The molecule has 0 aromatic rings. The second-order valence-electron chi connectivity index (χ2n) is 5.75. The summed E-state index contributed by atoms with van der Waals surface area (Å²) in [4.78, 5) is 17.5. The Hall–Kier alpha value is -0.620. The van der Waals surface area contributed by atoms with Crippen LogP contribution in [0.3, 0.4) is 0 Å². The van der Waals surface area contributed by atoms with Crippen molar-refractivity contribution in [3.63, 3.8) is 0 Å². The van der Waals surface area contributed by atoms with E-state index in [1.165, 1.54) is 0 Å². The molecule has 1 heterocycles. The van der Waals surface area contributed by atoms with Crippen LogP contribution in [0.15, 0.2) is 4.99 Å². The van der Waals surface area contributed by atoms with Gasteiger partial charge in [-0.2, -0.15) is 0 Å². The molecule has 0 aromatic carbocycles. The number of aliphatic imine (C=N–C) groups is 1. The molecule has 1 saturated heterocycles. The maximum atomic E-state index is 11.3. The summed E-state index contributed by atoms with van der Waals surface area (Å²) in [5.74, 6) is 0.897. The number of nitrogens with one attached hydrogen (secondary N) is 2. The SMILES string of the molecule is CCS(=O)(=O)NCCCNC(=NC)N1CCCC(CC(N)=O)C1.I. The molecule has 8 nitrogen and oxygen atoms in total. The minimum absolute atomic E-state index is 0. The first-order valence-electron chi connectivity index (χ1n) is 8.09. The molecular formula is C14H30IN5O3S. The van der Waals surface area contributed by atoms with Gasteiger partial charge in [0.1, 0.15) is 0 Å². The zero-order valence-corrected chi connectivity index (χ0v) is 17.6. The molecule has 1 unspecified atom stereocenters. The number of hydrogen-bond acceptors (Lipinski definition) is 4. The third-order valence-corrected chi connectivity index (χ3v) is 5.26. The number of nitrogens with zero attached hydrogens (tertiary/aromatic N) is 2. The fourth-order valence-corrected chi connectivity index (χ4v) is 3.32. The Morgan fingerprint density at radius 1 is 1.38 bits per heavy atom. The summed E-state index contributed by atoms with van der Waals surface area (Å²) in [5.41, 5.74) is 5.28. The minimum Gasteiger partial charge on any atom is -0.370 e. The lowest BCUT2D eigenvalue weighted by molar-refractivity contribution is -0.119. The summed E-state index contributed by atoms with van der Waals surface area (Å²) >= 11 is 0. The van der Waals surface area contributed by atoms with Crippen molar-refractivity contribution < 1.29 is 13.2 Å². The number of carbonyl (C=O) groups is 1. The normalized spacial score (nSPS) is 18.8. The monoisotopic (exact) mass is 475 g/mol. The van der Waals surface area contributed by atoms with Crippen LogP contribution < -0.4 is 15.8 Å². The molecule has 10 heteroatoms. The number of rotatable bonds is 8. The first-order chi connectivity index (χ1) is 10.9. The molecule has 1 aliphatic heterocycles. The maximum absolute atomic E-state index is 11.3. The van der Waals surface area contributed by atoms with Gasteiger partial charge < -0.3 is 16.0 Å². The maximum Gasteiger partial charge on any atom is 0.217 e. The highest BCUT2D eigenvalue weighted by Crippen LogP contribution is 2.19. The average Bonchev–Trinajstić information content (AvgIpc) is 2.50. The molecule has 0 saturated carbocycles. The Kier molecular flexibility index (Phi) is 11.5. The highest BCUT2D eigenvalue weighted by atomic mass is 127. The van der Waals surface area contributed by atoms with Gasteiger partial charge in [-0.1, -0.05) is 0 Å². The predicted molar refractivity (Wildman–Crippen MR) is 107 cm³/mol. The summed E-state index contributed by atoms with van der Waals surface area (Å²) in [6.07, 6.45) is 3.10. The number of primary amides is 1. The van der Waals surface area contributed by atoms with E-state index in [9.17, 15) is 13.2 Å². The van der Waals surface area contributed by atoms with Gasteiger partial charge >= 0.3 is 0 Å². The molecule has 24 heavy (non-hydrogen) atoms. The largest absolute Gasteiger partial charge is 0.370 e. The van der Waals surface area contributed by atoms with Gasteiger partial charge in [-0.25, -0.2) is 13.1 Å². The zero-order chi connectivity index (χ0) is 17.3. The molecule has 0 aliphatic carbocycles. The number of hydrogen-bond donors (Lipinski definition) is 3. The van der Waals surface area contributed by atoms with E-state index in [0.29, 0.717) is 25.9 Å². The van der Waals surface area contributed by atoms with Gasteiger partial charge in [-0.3, -0.25) is 9.79 Å². The Morgan fingerprint density at radius 3 is 2.67 bits per heavy atom. The Balaban J connectivity index is 0.00000529. The van der Waals surface area contributed by atoms with Crippen molar-refractivity contribution >= 4 is 45.9 Å². The van der Waals surface area contributed by atoms with E-state index in [-0.39, 0.29) is 41.6 Å². The zero-order valence-electron chi connectivity index (χ0n) is 14.5. The van der Waals surface area contributed by atoms with Crippen LogP contribution in [-0.4, -0.2) is 64.2 Å². The van der Waals surface area contributed by atoms with E-state index in [1.54, 1.807) is 14.0 Å². The smallest absolute Gasteiger partial charge is 0.217 e. The van der Waals surface area contributed by atoms with E-state index in [0.717, 1.165) is 31.9 Å². The number of amides is 1. The van der Waals surface area contributed by atoms with Crippen molar-refractivity contribution in [1.29, 1.82) is 0 Å². The number of carbonyl (C=O) groups excluding carboxylic acids is 1. The molecular weight excluding hydrogens is 445 g/mol. The Morgan fingerprint density at radius 2 is 2.08 bits per heavy atom. The molecule has 1 amide bonds. The predicted octanol–water partition coefficient (Wildman–Crippen LogP) is 0.0966. The summed E-state index contributed by atoms with van der Waals surface area (Å²) < 4.78 is 25.2. The van der Waals surface area contributed by atoms with Crippen molar-refractivity contribution in [3.8, 4) is 0 Å². The van der Waals surface area contributed by atoms with Crippen LogP contribution in [0, 0.1) is 5.92 Å². The van der Waals surface area contributed by atoms with Gasteiger partial charge in [0.05, 0.1) is 5.75 Å². The van der Waals surface area contributed by atoms with Crippen molar-refractivity contribution in [1.82, 2.24) is 14.9 Å². The van der Waals surface area contributed by atoms with Crippen molar-refractivity contribution in [3.05, 3.63) is 0 Å². The quantitative estimate of drug-likeness (QED) is 0.199. The average molecular weight is 475 g/mol. The lowest BCUT2D eigenvalue weighted by Gasteiger charge is -2.34. The van der Waals surface area contributed by atoms with Gasteiger partial charge in [0.2, 0.25) is 15.9 Å². The molecule has 0 spiro atoms. The number of sulfonamides is 1. The number of likely N-dealkylation sites (tertiary alicyclic amines) is 1. The minimum atomic E-state index is -3.13. The summed E-state index contributed by atoms with van der Waals surface area (Å²) in [6.45, 7) is 4.32. The number of halogens is 1. The van der Waals surface area contributed by atoms with Gasteiger partial charge in [-0.15, -0.1) is 24.0 Å². The summed E-state index contributed by atoms with van der Waals surface area (Å²) in [7, 11) is -1.41. The third kappa shape index (κ3) is 9.02.